The van der Waals surface area contributed by atoms with Gasteiger partial charge in [0.1, 0.15) is 0 Å². The van der Waals surface area contributed by atoms with Crippen molar-refractivity contribution in [3.63, 3.8) is 0 Å². The molecule has 0 N–H and O–H groups in total. The Morgan fingerprint density at radius 3 is 2.76 bits per heavy atom. The van der Waals surface area contributed by atoms with Crippen molar-refractivity contribution in [2.75, 3.05) is 20.2 Å². The van der Waals surface area contributed by atoms with Gasteiger partial charge in [-0.1, -0.05) is 24.3 Å². The van der Waals surface area contributed by atoms with Gasteiger partial charge in [-0.05, 0) is 48.7 Å². The fourth-order valence-electron chi connectivity index (χ4n) is 4.09. The van der Waals surface area contributed by atoms with Gasteiger partial charge in [-0.25, -0.2) is 0 Å². The minimum Gasteiger partial charge on any atom is -0.377 e. The standard InChI is InChI=1S/C18H25NO2/c1-14(20)19-10-8-18(9-11-19)12-15-6-4-3-5-7-16(15)17(13-18)21-2/h3-6,17H,7-13H2,1-2H3. The molecule has 3 heteroatoms. The zero-order valence-electron chi connectivity index (χ0n) is 13.1. The number of rotatable bonds is 1. The Bertz CT molecular complexity index is 507. The number of hydrogen-bond donors (Lipinski definition) is 0. The number of hydrogen-bond acceptors (Lipinski definition) is 2. The quantitative estimate of drug-likeness (QED) is 0.741. The van der Waals surface area contributed by atoms with Crippen molar-refractivity contribution in [2.24, 2.45) is 5.41 Å². The molecule has 0 aromatic heterocycles. The molecular formula is C18H25NO2. The van der Waals surface area contributed by atoms with Gasteiger partial charge in [0.15, 0.2) is 0 Å². The first kappa shape index (κ1) is 14.6. The predicted octanol–water partition coefficient (Wildman–Crippen LogP) is 3.24. The second-order valence-electron chi connectivity index (χ2n) is 6.65. The predicted molar refractivity (Wildman–Crippen MR) is 83.9 cm³/mol. The van der Waals surface area contributed by atoms with E-state index in [0.29, 0.717) is 5.41 Å². The van der Waals surface area contributed by atoms with Crippen LogP contribution in [0.1, 0.15) is 39.0 Å². The fraction of sp³-hybridized carbons (Fsp3) is 0.611. The van der Waals surface area contributed by atoms with Gasteiger partial charge in [0.2, 0.25) is 5.91 Å². The first-order chi connectivity index (χ1) is 10.1. The summed E-state index contributed by atoms with van der Waals surface area (Å²) in [4.78, 5) is 13.5. The molecule has 1 heterocycles. The van der Waals surface area contributed by atoms with E-state index in [1.165, 1.54) is 11.1 Å². The fourth-order valence-corrected chi connectivity index (χ4v) is 4.09. The molecule has 0 bridgehead atoms. The minimum atomic E-state index is 0.211. The van der Waals surface area contributed by atoms with Crippen molar-refractivity contribution in [1.29, 1.82) is 0 Å². The smallest absolute Gasteiger partial charge is 0.219 e. The molecule has 1 aliphatic heterocycles. The van der Waals surface area contributed by atoms with E-state index in [0.717, 1.165) is 45.2 Å². The van der Waals surface area contributed by atoms with E-state index < -0.39 is 0 Å². The molecule has 0 aromatic carbocycles. The zero-order chi connectivity index (χ0) is 14.9. The third kappa shape index (κ3) is 2.84. The molecule has 0 aromatic rings. The maximum Gasteiger partial charge on any atom is 0.219 e. The van der Waals surface area contributed by atoms with E-state index in [2.05, 4.69) is 24.3 Å². The van der Waals surface area contributed by atoms with Gasteiger partial charge < -0.3 is 9.64 Å². The lowest BCUT2D eigenvalue weighted by Crippen LogP contribution is -2.45. The second-order valence-corrected chi connectivity index (χ2v) is 6.65. The van der Waals surface area contributed by atoms with Crippen LogP contribution in [-0.4, -0.2) is 37.1 Å². The summed E-state index contributed by atoms with van der Waals surface area (Å²) in [6.45, 7) is 3.48. The summed E-state index contributed by atoms with van der Waals surface area (Å²) in [5.74, 6) is 0.211. The highest BCUT2D eigenvalue weighted by molar-refractivity contribution is 5.73. The van der Waals surface area contributed by atoms with Gasteiger partial charge in [0, 0.05) is 27.1 Å². The summed E-state index contributed by atoms with van der Waals surface area (Å²) in [5, 5.41) is 0. The number of methoxy groups -OCH3 is 1. The van der Waals surface area contributed by atoms with Gasteiger partial charge >= 0.3 is 0 Å². The Morgan fingerprint density at radius 2 is 2.10 bits per heavy atom. The highest BCUT2D eigenvalue weighted by Gasteiger charge is 2.42. The Morgan fingerprint density at radius 1 is 1.33 bits per heavy atom. The number of carbonyl (C=O) groups is 1. The average molecular weight is 287 g/mol. The maximum atomic E-state index is 11.5. The SMILES string of the molecule is COC1CC2(CCN(C(C)=O)CC2)CC2=C1CC=CC=C2. The van der Waals surface area contributed by atoms with Crippen molar-refractivity contribution in [2.45, 2.75) is 45.1 Å². The largest absolute Gasteiger partial charge is 0.377 e. The van der Waals surface area contributed by atoms with Crippen LogP contribution in [0.5, 0.6) is 0 Å². The molecular weight excluding hydrogens is 262 g/mol. The molecule has 0 saturated carbocycles. The van der Waals surface area contributed by atoms with Gasteiger partial charge in [-0.2, -0.15) is 0 Å². The summed E-state index contributed by atoms with van der Waals surface area (Å²) in [6.07, 6.45) is 14.5. The van der Waals surface area contributed by atoms with E-state index in [1.54, 1.807) is 6.92 Å². The van der Waals surface area contributed by atoms with E-state index in [-0.39, 0.29) is 12.0 Å². The molecule has 2 aliphatic carbocycles. The van der Waals surface area contributed by atoms with Crippen molar-refractivity contribution >= 4 is 5.91 Å². The lowest BCUT2D eigenvalue weighted by atomic mass is 9.65. The molecule has 1 amide bonds. The van der Waals surface area contributed by atoms with Crippen LogP contribution in [0.4, 0.5) is 0 Å². The molecule has 1 unspecified atom stereocenters. The van der Waals surface area contributed by atoms with Crippen LogP contribution in [0.25, 0.3) is 0 Å². The minimum absolute atomic E-state index is 0.211. The van der Waals surface area contributed by atoms with Gasteiger partial charge in [0.05, 0.1) is 6.10 Å². The van der Waals surface area contributed by atoms with Crippen LogP contribution in [0.2, 0.25) is 0 Å². The molecule has 1 atom stereocenters. The number of carbonyl (C=O) groups excluding carboxylic acids is 1. The zero-order valence-corrected chi connectivity index (χ0v) is 13.1. The van der Waals surface area contributed by atoms with Crippen LogP contribution in [0, 0.1) is 5.41 Å². The Hall–Kier alpha value is -1.35. The van der Waals surface area contributed by atoms with Crippen LogP contribution in [0.15, 0.2) is 35.5 Å². The van der Waals surface area contributed by atoms with Crippen LogP contribution >= 0.6 is 0 Å². The molecule has 114 valence electrons. The van der Waals surface area contributed by atoms with Crippen molar-refractivity contribution in [3.8, 4) is 0 Å². The van der Waals surface area contributed by atoms with Gasteiger partial charge in [-0.3, -0.25) is 4.79 Å². The molecule has 1 spiro atoms. The third-order valence-corrected chi connectivity index (χ3v) is 5.42. The highest BCUT2D eigenvalue weighted by atomic mass is 16.5. The number of nitrogens with zero attached hydrogens (tertiary/aromatic N) is 1. The molecule has 21 heavy (non-hydrogen) atoms. The van der Waals surface area contributed by atoms with Crippen molar-refractivity contribution < 1.29 is 9.53 Å². The molecule has 3 aliphatic rings. The topological polar surface area (TPSA) is 29.5 Å². The number of piperidine rings is 1. The normalized spacial score (nSPS) is 27.7. The lowest BCUT2D eigenvalue weighted by molar-refractivity contribution is -0.131. The van der Waals surface area contributed by atoms with Crippen LogP contribution in [0.3, 0.4) is 0 Å². The van der Waals surface area contributed by atoms with E-state index in [9.17, 15) is 4.79 Å². The van der Waals surface area contributed by atoms with E-state index >= 15 is 0 Å². The van der Waals surface area contributed by atoms with Gasteiger partial charge in [0.25, 0.3) is 0 Å². The molecule has 1 saturated heterocycles. The molecule has 3 rings (SSSR count). The monoisotopic (exact) mass is 287 g/mol. The van der Waals surface area contributed by atoms with Crippen LogP contribution in [-0.2, 0) is 9.53 Å². The summed E-state index contributed by atoms with van der Waals surface area (Å²) >= 11 is 0. The summed E-state index contributed by atoms with van der Waals surface area (Å²) in [7, 11) is 1.83. The first-order valence-corrected chi connectivity index (χ1v) is 7.97. The first-order valence-electron chi connectivity index (χ1n) is 7.97. The van der Waals surface area contributed by atoms with E-state index in [4.69, 9.17) is 4.74 Å². The second kappa shape index (κ2) is 5.80. The Balaban J connectivity index is 1.81. The van der Waals surface area contributed by atoms with Crippen molar-refractivity contribution in [1.82, 2.24) is 4.90 Å². The average Bonchev–Trinajstić information content (AvgIpc) is 2.72. The molecule has 3 nitrogen and oxygen atoms in total. The summed E-state index contributed by atoms with van der Waals surface area (Å²) in [6, 6.07) is 0. The number of ether oxygens (including phenoxy) is 1. The Kier molecular flexibility index (Phi) is 4.03. The number of amides is 1. The third-order valence-electron chi connectivity index (χ3n) is 5.42. The highest BCUT2D eigenvalue weighted by Crippen LogP contribution is 2.48. The molecule has 0 radical (unpaired) electrons. The molecule has 1 fully saturated rings. The Labute approximate surface area is 127 Å². The van der Waals surface area contributed by atoms with E-state index in [1.807, 2.05) is 12.0 Å². The lowest BCUT2D eigenvalue weighted by Gasteiger charge is -2.47. The van der Waals surface area contributed by atoms with Crippen LogP contribution < -0.4 is 0 Å². The number of allylic oxidation sites excluding steroid dienone is 5. The van der Waals surface area contributed by atoms with Crippen molar-refractivity contribution in [3.05, 3.63) is 35.5 Å². The summed E-state index contributed by atoms with van der Waals surface area (Å²) in [5.41, 5.74) is 3.25. The van der Waals surface area contributed by atoms with Gasteiger partial charge in [-0.15, -0.1) is 0 Å². The summed E-state index contributed by atoms with van der Waals surface area (Å²) < 4.78 is 5.81. The maximum absolute atomic E-state index is 11.5. The number of likely N-dealkylation sites (tertiary alicyclic amines) is 1.